The Morgan fingerprint density at radius 2 is 1.81 bits per heavy atom. The number of rotatable bonds is 7. The van der Waals surface area contributed by atoms with Gasteiger partial charge in [-0.2, -0.15) is 0 Å². The average Bonchev–Trinajstić information content (AvgIpc) is 2.65. The number of carbonyl (C=O) groups excluding carboxylic acids is 2. The molecule has 26 heavy (non-hydrogen) atoms. The molecule has 0 aromatic heterocycles. The third-order valence-corrected chi connectivity index (χ3v) is 4.36. The van der Waals surface area contributed by atoms with Crippen LogP contribution in [-0.4, -0.2) is 36.9 Å². The van der Waals surface area contributed by atoms with Gasteiger partial charge in [0.25, 0.3) is 0 Å². The Morgan fingerprint density at radius 3 is 2.38 bits per heavy atom. The van der Waals surface area contributed by atoms with E-state index in [0.717, 1.165) is 22.4 Å². The number of nitrogens with one attached hydrogen (secondary N) is 1. The normalized spacial score (nSPS) is 11.5. The van der Waals surface area contributed by atoms with E-state index in [-0.39, 0.29) is 18.2 Å². The Labute approximate surface area is 155 Å². The van der Waals surface area contributed by atoms with Crippen molar-refractivity contribution in [3.05, 3.63) is 65.2 Å². The van der Waals surface area contributed by atoms with Crippen LogP contribution in [0.25, 0.3) is 0 Å². The van der Waals surface area contributed by atoms with Crippen molar-refractivity contribution in [3.8, 4) is 5.75 Å². The van der Waals surface area contributed by atoms with Crippen LogP contribution in [0.4, 0.5) is 0 Å². The van der Waals surface area contributed by atoms with E-state index in [4.69, 9.17) is 4.74 Å². The first-order chi connectivity index (χ1) is 12.4. The number of hydrogen-bond acceptors (Lipinski definition) is 3. The maximum atomic E-state index is 12.9. The van der Waals surface area contributed by atoms with Gasteiger partial charge in [0.1, 0.15) is 11.8 Å². The second-order valence-corrected chi connectivity index (χ2v) is 6.33. The van der Waals surface area contributed by atoms with Crippen LogP contribution < -0.4 is 10.1 Å². The Balaban J connectivity index is 2.21. The fraction of sp³-hybridized carbons (Fsp3) is 0.333. The highest BCUT2D eigenvalue weighted by molar-refractivity contribution is 5.88. The number of hydrogen-bond donors (Lipinski definition) is 1. The van der Waals surface area contributed by atoms with E-state index in [0.29, 0.717) is 6.54 Å². The summed E-state index contributed by atoms with van der Waals surface area (Å²) in [6, 6.07) is 14.8. The molecule has 2 amide bonds. The fourth-order valence-electron chi connectivity index (χ4n) is 2.82. The van der Waals surface area contributed by atoms with Crippen molar-refractivity contribution in [3.63, 3.8) is 0 Å². The number of benzene rings is 2. The Hall–Kier alpha value is -2.82. The van der Waals surface area contributed by atoms with Crippen molar-refractivity contribution in [1.82, 2.24) is 10.2 Å². The zero-order valence-corrected chi connectivity index (χ0v) is 15.8. The monoisotopic (exact) mass is 354 g/mol. The van der Waals surface area contributed by atoms with Gasteiger partial charge >= 0.3 is 0 Å². The van der Waals surface area contributed by atoms with Crippen LogP contribution in [0, 0.1) is 6.92 Å². The number of amides is 2. The minimum absolute atomic E-state index is 0.0810. The lowest BCUT2D eigenvalue weighted by Crippen LogP contribution is -2.47. The summed E-state index contributed by atoms with van der Waals surface area (Å²) >= 11 is 0. The van der Waals surface area contributed by atoms with Crippen molar-refractivity contribution in [2.45, 2.75) is 32.9 Å². The van der Waals surface area contributed by atoms with Gasteiger partial charge < -0.3 is 15.0 Å². The number of nitrogens with zero attached hydrogens (tertiary/aromatic N) is 1. The van der Waals surface area contributed by atoms with Crippen molar-refractivity contribution in [2.75, 3.05) is 14.2 Å². The summed E-state index contributed by atoms with van der Waals surface area (Å²) in [5.74, 6) is 0.490. The second-order valence-electron chi connectivity index (χ2n) is 6.33. The predicted octanol–water partition coefficient (Wildman–Crippen LogP) is 2.71. The number of ether oxygens (including phenoxy) is 1. The molecule has 0 saturated carbocycles. The molecule has 0 fully saturated rings. The molecule has 0 aliphatic carbocycles. The summed E-state index contributed by atoms with van der Waals surface area (Å²) in [7, 11) is 3.19. The van der Waals surface area contributed by atoms with Crippen molar-refractivity contribution >= 4 is 11.8 Å². The van der Waals surface area contributed by atoms with E-state index >= 15 is 0 Å². The first-order valence-electron chi connectivity index (χ1n) is 8.64. The molecule has 1 unspecified atom stereocenters. The molecular formula is C21H26N2O3. The molecule has 0 saturated heterocycles. The highest BCUT2D eigenvalue weighted by Crippen LogP contribution is 2.16. The maximum absolute atomic E-state index is 12.9. The molecule has 138 valence electrons. The summed E-state index contributed by atoms with van der Waals surface area (Å²) < 4.78 is 5.17. The zero-order chi connectivity index (χ0) is 19.1. The lowest BCUT2D eigenvalue weighted by Gasteiger charge is -2.28. The standard InChI is InChI=1S/C21H26N2O3/c1-15-6-5-7-18(12-15)13-20(24)23(16(2)21(25)22-3)14-17-8-10-19(26-4)11-9-17/h5-12,16H,13-14H2,1-4H3,(H,22,25). The topological polar surface area (TPSA) is 58.6 Å². The number of aryl methyl sites for hydroxylation is 1. The smallest absolute Gasteiger partial charge is 0.242 e. The van der Waals surface area contributed by atoms with Crippen molar-refractivity contribution in [2.24, 2.45) is 0 Å². The first kappa shape index (κ1) is 19.5. The van der Waals surface area contributed by atoms with Crippen LogP contribution in [0.1, 0.15) is 23.6 Å². The van der Waals surface area contributed by atoms with Crippen LogP contribution in [-0.2, 0) is 22.6 Å². The van der Waals surface area contributed by atoms with E-state index in [1.54, 1.807) is 26.0 Å². The van der Waals surface area contributed by atoms with Crippen LogP contribution in [0.2, 0.25) is 0 Å². The molecule has 0 aliphatic heterocycles. The number of carbonyl (C=O) groups is 2. The molecular weight excluding hydrogens is 328 g/mol. The molecule has 5 nitrogen and oxygen atoms in total. The molecule has 1 N–H and O–H groups in total. The summed E-state index contributed by atoms with van der Waals surface area (Å²) in [6.45, 7) is 4.11. The first-order valence-corrected chi connectivity index (χ1v) is 8.64. The molecule has 0 radical (unpaired) electrons. The van der Waals surface area contributed by atoms with Gasteiger partial charge in [0.05, 0.1) is 13.5 Å². The lowest BCUT2D eigenvalue weighted by atomic mass is 10.1. The molecule has 0 spiro atoms. The van der Waals surface area contributed by atoms with Gasteiger partial charge in [-0.3, -0.25) is 9.59 Å². The van der Waals surface area contributed by atoms with Gasteiger partial charge in [-0.05, 0) is 37.1 Å². The minimum Gasteiger partial charge on any atom is -0.497 e. The third-order valence-electron chi connectivity index (χ3n) is 4.36. The summed E-state index contributed by atoms with van der Waals surface area (Å²) in [6.07, 6.45) is 0.263. The van der Waals surface area contributed by atoms with Crippen molar-refractivity contribution in [1.29, 1.82) is 0 Å². The molecule has 1 atom stereocenters. The highest BCUT2D eigenvalue weighted by atomic mass is 16.5. The average molecular weight is 354 g/mol. The van der Waals surface area contributed by atoms with E-state index in [1.165, 1.54) is 0 Å². The molecule has 0 bridgehead atoms. The molecule has 2 aromatic carbocycles. The lowest BCUT2D eigenvalue weighted by molar-refractivity contribution is -0.139. The van der Waals surface area contributed by atoms with E-state index in [1.807, 2.05) is 55.5 Å². The quantitative estimate of drug-likeness (QED) is 0.832. The number of likely N-dealkylation sites (N-methyl/N-ethyl adjacent to an activating group) is 1. The molecule has 5 heteroatoms. The van der Waals surface area contributed by atoms with Gasteiger partial charge in [-0.1, -0.05) is 42.0 Å². The second kappa shape index (κ2) is 9.04. The van der Waals surface area contributed by atoms with Gasteiger partial charge in [-0.15, -0.1) is 0 Å². The summed E-state index contributed by atoms with van der Waals surface area (Å²) in [5, 5.41) is 2.62. The Bertz CT molecular complexity index is 756. The molecule has 2 rings (SSSR count). The van der Waals surface area contributed by atoms with Crippen LogP contribution >= 0.6 is 0 Å². The maximum Gasteiger partial charge on any atom is 0.242 e. The summed E-state index contributed by atoms with van der Waals surface area (Å²) in [4.78, 5) is 26.7. The highest BCUT2D eigenvalue weighted by Gasteiger charge is 2.25. The van der Waals surface area contributed by atoms with Gasteiger partial charge in [-0.25, -0.2) is 0 Å². The SMILES string of the molecule is CNC(=O)C(C)N(Cc1ccc(OC)cc1)C(=O)Cc1cccc(C)c1. The molecule has 0 heterocycles. The van der Waals surface area contributed by atoms with Gasteiger partial charge in [0.15, 0.2) is 0 Å². The third kappa shape index (κ3) is 5.09. The van der Waals surface area contributed by atoms with E-state index < -0.39 is 6.04 Å². The molecule has 2 aromatic rings. The Kier molecular flexibility index (Phi) is 6.78. The fourth-order valence-corrected chi connectivity index (χ4v) is 2.82. The zero-order valence-electron chi connectivity index (χ0n) is 15.8. The van der Waals surface area contributed by atoms with E-state index in [9.17, 15) is 9.59 Å². The minimum atomic E-state index is -0.556. The van der Waals surface area contributed by atoms with Crippen LogP contribution in [0.5, 0.6) is 5.75 Å². The van der Waals surface area contributed by atoms with Crippen molar-refractivity contribution < 1.29 is 14.3 Å². The van der Waals surface area contributed by atoms with Gasteiger partial charge in [0, 0.05) is 13.6 Å². The predicted molar refractivity (Wildman–Crippen MR) is 102 cm³/mol. The summed E-state index contributed by atoms with van der Waals surface area (Å²) in [5.41, 5.74) is 2.99. The number of methoxy groups -OCH3 is 1. The Morgan fingerprint density at radius 1 is 1.12 bits per heavy atom. The van der Waals surface area contributed by atoms with Crippen LogP contribution in [0.3, 0.4) is 0 Å². The molecule has 0 aliphatic rings. The van der Waals surface area contributed by atoms with E-state index in [2.05, 4.69) is 5.32 Å². The van der Waals surface area contributed by atoms with Gasteiger partial charge in [0.2, 0.25) is 11.8 Å². The van der Waals surface area contributed by atoms with Crippen LogP contribution in [0.15, 0.2) is 48.5 Å². The largest absolute Gasteiger partial charge is 0.497 e.